The third kappa shape index (κ3) is 3.27. The first-order valence-corrected chi connectivity index (χ1v) is 9.92. The van der Waals surface area contributed by atoms with Crippen LogP contribution in [0.15, 0.2) is 40.1 Å². The summed E-state index contributed by atoms with van der Waals surface area (Å²) in [4.78, 5) is 8.39. The molecule has 0 radical (unpaired) electrons. The van der Waals surface area contributed by atoms with Gasteiger partial charge in [0.1, 0.15) is 5.82 Å². The monoisotopic (exact) mass is 409 g/mol. The molecule has 0 aliphatic carbocycles. The molecule has 3 rings (SSSR count). The molecule has 3 aromatic rings. The van der Waals surface area contributed by atoms with E-state index >= 15 is 0 Å². The van der Waals surface area contributed by atoms with E-state index in [1.165, 1.54) is 0 Å². The molecule has 0 amide bonds. The lowest BCUT2D eigenvalue weighted by Crippen LogP contribution is -2.10. The van der Waals surface area contributed by atoms with Gasteiger partial charge in [0, 0.05) is 22.5 Å². The van der Waals surface area contributed by atoms with Crippen LogP contribution in [0.25, 0.3) is 11.0 Å². The number of fused-ring (bicyclic) bond motifs is 1. The molecular weight excluding hydrogens is 394 g/mol. The van der Waals surface area contributed by atoms with Gasteiger partial charge in [0.05, 0.1) is 11.6 Å². The average molecular weight is 410 g/mol. The Bertz CT molecular complexity index is 1010. The molecule has 7 nitrogen and oxygen atoms in total. The van der Waals surface area contributed by atoms with E-state index in [9.17, 15) is 8.42 Å². The van der Waals surface area contributed by atoms with Gasteiger partial charge in [-0.15, -0.1) is 0 Å². The predicted octanol–water partition coefficient (Wildman–Crippen LogP) is 3.32. The molecule has 0 aliphatic heterocycles. The first-order valence-electron chi connectivity index (χ1n) is 7.23. The van der Waals surface area contributed by atoms with Gasteiger partial charge in [-0.05, 0) is 32.0 Å². The van der Waals surface area contributed by atoms with Gasteiger partial charge in [-0.25, -0.2) is 13.1 Å². The Hall–Kier alpha value is -2.00. The van der Waals surface area contributed by atoms with Crippen molar-refractivity contribution < 1.29 is 8.42 Å². The molecule has 126 valence electrons. The van der Waals surface area contributed by atoms with Crippen LogP contribution in [0.1, 0.15) is 19.9 Å². The first-order chi connectivity index (χ1) is 11.3. The summed E-state index contributed by atoms with van der Waals surface area (Å²) in [5, 5.41) is 7.90. The van der Waals surface area contributed by atoms with Crippen LogP contribution in [0.4, 0.5) is 11.5 Å². The molecule has 0 bridgehead atoms. The van der Waals surface area contributed by atoms with Crippen LogP contribution >= 0.6 is 15.9 Å². The van der Waals surface area contributed by atoms with E-state index in [0.717, 1.165) is 16.4 Å². The highest BCUT2D eigenvalue weighted by atomic mass is 79.9. The summed E-state index contributed by atoms with van der Waals surface area (Å²) in [5.74, 6) is 0.408. The fraction of sp³-hybridized carbons (Fsp3) is 0.267. The molecule has 1 aromatic carbocycles. The molecule has 0 saturated heterocycles. The Balaban J connectivity index is 2.22. The maximum Gasteiger partial charge on any atom is 0.250 e. The second kappa shape index (κ2) is 6.14. The van der Waals surface area contributed by atoms with E-state index in [0.29, 0.717) is 16.9 Å². The number of rotatable bonds is 4. The van der Waals surface area contributed by atoms with E-state index in [2.05, 4.69) is 36.3 Å². The van der Waals surface area contributed by atoms with Gasteiger partial charge in [0.15, 0.2) is 5.65 Å². The number of nitrogens with zero attached hydrogens (tertiary/aromatic N) is 4. The maximum absolute atomic E-state index is 11.9. The molecule has 0 aliphatic rings. The highest BCUT2D eigenvalue weighted by molar-refractivity contribution is 9.10. The zero-order valence-electron chi connectivity index (χ0n) is 13.4. The van der Waals surface area contributed by atoms with Gasteiger partial charge < -0.3 is 5.32 Å². The molecule has 0 fully saturated rings. The summed E-state index contributed by atoms with van der Waals surface area (Å²) >= 11 is 3.41. The van der Waals surface area contributed by atoms with Crippen LogP contribution in [-0.4, -0.2) is 34.4 Å². The number of halogens is 1. The van der Waals surface area contributed by atoms with E-state index < -0.39 is 9.84 Å². The first kappa shape index (κ1) is 16.8. The number of hydrogen-bond acceptors (Lipinski definition) is 6. The van der Waals surface area contributed by atoms with Gasteiger partial charge in [0.25, 0.3) is 5.16 Å². The van der Waals surface area contributed by atoms with Crippen LogP contribution in [0.2, 0.25) is 0 Å². The molecule has 2 heterocycles. The third-order valence-electron chi connectivity index (χ3n) is 3.34. The molecule has 9 heteroatoms. The van der Waals surface area contributed by atoms with Gasteiger partial charge in [-0.2, -0.15) is 15.1 Å². The normalized spacial score (nSPS) is 12.0. The molecule has 24 heavy (non-hydrogen) atoms. The summed E-state index contributed by atoms with van der Waals surface area (Å²) in [6, 6.07) is 7.56. The van der Waals surface area contributed by atoms with E-state index in [4.69, 9.17) is 0 Å². The van der Waals surface area contributed by atoms with E-state index in [1.54, 1.807) is 10.9 Å². The van der Waals surface area contributed by atoms with Crippen molar-refractivity contribution in [3.05, 3.63) is 34.9 Å². The highest BCUT2D eigenvalue weighted by Gasteiger charge is 2.19. The lowest BCUT2D eigenvalue weighted by Gasteiger charge is -2.10. The summed E-state index contributed by atoms with van der Waals surface area (Å²) in [6.07, 6.45) is 2.73. The number of nitrogens with one attached hydrogen (secondary N) is 1. The molecule has 0 spiro atoms. The van der Waals surface area contributed by atoms with Gasteiger partial charge in [-0.3, -0.25) is 0 Å². The fourth-order valence-electron chi connectivity index (χ4n) is 2.25. The standard InChI is InChI=1S/C15H16BrN5O2S/c1-9(2)21-14-12(8-17-21)13(19-15(20-14)24(3,22)23)18-11-6-4-5-10(16)7-11/h4-9H,1-3H3,(H,18,19,20). The molecule has 2 aromatic heterocycles. The molecule has 0 atom stereocenters. The van der Waals surface area contributed by atoms with Crippen LogP contribution in [0.5, 0.6) is 0 Å². The number of aromatic nitrogens is 4. The van der Waals surface area contributed by atoms with Gasteiger partial charge in [-0.1, -0.05) is 22.0 Å². The van der Waals surface area contributed by atoms with E-state index in [1.807, 2.05) is 38.1 Å². The molecule has 0 saturated carbocycles. The number of hydrogen-bond donors (Lipinski definition) is 1. The van der Waals surface area contributed by atoms with Crippen LogP contribution in [-0.2, 0) is 9.84 Å². The van der Waals surface area contributed by atoms with Crippen molar-refractivity contribution in [2.75, 3.05) is 11.6 Å². The van der Waals surface area contributed by atoms with Crippen molar-refractivity contribution in [1.82, 2.24) is 19.7 Å². The number of sulfone groups is 1. The second-order valence-corrected chi connectivity index (χ2v) is 8.51. The minimum absolute atomic E-state index is 0.0449. The lowest BCUT2D eigenvalue weighted by molar-refractivity contribution is 0.543. The Morgan fingerprint density at radius 2 is 2.00 bits per heavy atom. The van der Waals surface area contributed by atoms with Crippen molar-refractivity contribution in [1.29, 1.82) is 0 Å². The molecule has 1 N–H and O–H groups in total. The average Bonchev–Trinajstić information content (AvgIpc) is 2.90. The Morgan fingerprint density at radius 3 is 2.62 bits per heavy atom. The number of benzene rings is 1. The number of anilines is 2. The molecule has 0 unspecified atom stereocenters. The van der Waals surface area contributed by atoms with Crippen molar-refractivity contribution in [2.45, 2.75) is 25.0 Å². The smallest absolute Gasteiger partial charge is 0.250 e. The minimum Gasteiger partial charge on any atom is -0.339 e. The van der Waals surface area contributed by atoms with Crippen molar-refractivity contribution in [2.24, 2.45) is 0 Å². The van der Waals surface area contributed by atoms with Gasteiger partial charge >= 0.3 is 0 Å². The van der Waals surface area contributed by atoms with E-state index in [-0.39, 0.29) is 11.2 Å². The van der Waals surface area contributed by atoms with Crippen molar-refractivity contribution in [3.63, 3.8) is 0 Å². The van der Waals surface area contributed by atoms with Crippen LogP contribution < -0.4 is 5.32 Å². The lowest BCUT2D eigenvalue weighted by atomic mass is 10.3. The SMILES string of the molecule is CC(C)n1ncc2c(Nc3cccc(Br)c3)nc(S(C)(=O)=O)nc21. The topological polar surface area (TPSA) is 89.8 Å². The summed E-state index contributed by atoms with van der Waals surface area (Å²) < 4.78 is 26.5. The maximum atomic E-state index is 11.9. The largest absolute Gasteiger partial charge is 0.339 e. The Morgan fingerprint density at radius 1 is 1.25 bits per heavy atom. The summed E-state index contributed by atoms with van der Waals surface area (Å²) in [7, 11) is -3.55. The van der Waals surface area contributed by atoms with Crippen LogP contribution in [0, 0.1) is 0 Å². The molecular formula is C15H16BrN5O2S. The second-order valence-electron chi connectivity index (χ2n) is 5.68. The van der Waals surface area contributed by atoms with Crippen molar-refractivity contribution >= 4 is 48.3 Å². The zero-order valence-corrected chi connectivity index (χ0v) is 15.8. The minimum atomic E-state index is -3.55. The fourth-order valence-corrected chi connectivity index (χ4v) is 3.16. The zero-order chi connectivity index (χ0) is 17.5. The Labute approximate surface area is 148 Å². The van der Waals surface area contributed by atoms with Gasteiger partial charge in [0.2, 0.25) is 9.84 Å². The predicted molar refractivity (Wildman–Crippen MR) is 96.2 cm³/mol. The highest BCUT2D eigenvalue weighted by Crippen LogP contribution is 2.27. The third-order valence-corrected chi connectivity index (χ3v) is 4.68. The van der Waals surface area contributed by atoms with Crippen LogP contribution in [0.3, 0.4) is 0 Å². The summed E-state index contributed by atoms with van der Waals surface area (Å²) in [5.41, 5.74) is 1.26. The Kier molecular flexibility index (Phi) is 4.31. The van der Waals surface area contributed by atoms with Crippen molar-refractivity contribution in [3.8, 4) is 0 Å². The quantitative estimate of drug-likeness (QED) is 0.664. The summed E-state index contributed by atoms with van der Waals surface area (Å²) in [6.45, 7) is 3.91.